The van der Waals surface area contributed by atoms with E-state index in [-0.39, 0.29) is 11.9 Å². The van der Waals surface area contributed by atoms with Crippen LogP contribution in [0.15, 0.2) is 73.1 Å². The van der Waals surface area contributed by atoms with Gasteiger partial charge in [-0.3, -0.25) is 4.79 Å². The molecule has 25 heavy (non-hydrogen) atoms. The Bertz CT molecular complexity index is 854. The van der Waals surface area contributed by atoms with Crippen molar-refractivity contribution in [2.75, 3.05) is 6.54 Å². The highest BCUT2D eigenvalue weighted by molar-refractivity contribution is 6.30. The average Bonchev–Trinajstić information content (AvgIpc) is 3.09. The topological polar surface area (TPSA) is 25.2 Å². The molecule has 4 heteroatoms. The van der Waals surface area contributed by atoms with E-state index in [0.29, 0.717) is 0 Å². The fourth-order valence-electron chi connectivity index (χ4n) is 3.27. The lowest BCUT2D eigenvalue weighted by Crippen LogP contribution is -2.45. The van der Waals surface area contributed by atoms with Crippen molar-refractivity contribution in [1.82, 2.24) is 9.47 Å². The number of nitrogens with zero attached hydrogens (tertiary/aromatic N) is 2. The molecule has 1 saturated heterocycles. The van der Waals surface area contributed by atoms with E-state index >= 15 is 0 Å². The molecule has 0 bridgehead atoms. The Kier molecular flexibility index (Phi) is 4.33. The molecule has 1 atom stereocenters. The van der Waals surface area contributed by atoms with E-state index in [2.05, 4.69) is 4.57 Å². The molecule has 0 saturated carbocycles. The summed E-state index contributed by atoms with van der Waals surface area (Å²) < 4.78 is 2.11. The molecule has 1 aliphatic rings. The third-order valence-corrected chi connectivity index (χ3v) is 5.02. The van der Waals surface area contributed by atoms with Gasteiger partial charge in [0.15, 0.2) is 0 Å². The molecule has 3 nitrogen and oxygen atoms in total. The first-order chi connectivity index (χ1) is 12.2. The van der Waals surface area contributed by atoms with Gasteiger partial charge in [-0.05, 0) is 53.9 Å². The Hall–Kier alpha value is -2.52. The number of hydrogen-bond acceptors (Lipinski definition) is 1. The van der Waals surface area contributed by atoms with Gasteiger partial charge in [0, 0.05) is 36.1 Å². The second-order valence-corrected chi connectivity index (χ2v) is 6.84. The van der Waals surface area contributed by atoms with Crippen LogP contribution in [-0.2, 0) is 6.54 Å². The van der Waals surface area contributed by atoms with Crippen molar-refractivity contribution < 1.29 is 4.79 Å². The van der Waals surface area contributed by atoms with Crippen molar-refractivity contribution in [3.8, 4) is 0 Å². The molecule has 1 fully saturated rings. The first-order valence-electron chi connectivity index (χ1n) is 8.47. The zero-order valence-electron chi connectivity index (χ0n) is 13.8. The van der Waals surface area contributed by atoms with Gasteiger partial charge >= 0.3 is 0 Å². The molecule has 1 aliphatic heterocycles. The van der Waals surface area contributed by atoms with Gasteiger partial charge in [0.05, 0.1) is 6.04 Å². The van der Waals surface area contributed by atoms with E-state index in [9.17, 15) is 4.79 Å². The Morgan fingerprint density at radius 2 is 1.68 bits per heavy atom. The molecular weight excluding hydrogens is 332 g/mol. The summed E-state index contributed by atoms with van der Waals surface area (Å²) in [5, 5.41) is 0.722. The molecule has 0 spiro atoms. The van der Waals surface area contributed by atoms with Crippen LogP contribution in [0.4, 0.5) is 0 Å². The number of benzene rings is 2. The van der Waals surface area contributed by atoms with Crippen LogP contribution in [0.2, 0.25) is 5.02 Å². The molecule has 126 valence electrons. The zero-order valence-corrected chi connectivity index (χ0v) is 14.6. The summed E-state index contributed by atoms with van der Waals surface area (Å²) in [6.45, 7) is 1.62. The molecule has 1 unspecified atom stereocenters. The second-order valence-electron chi connectivity index (χ2n) is 6.41. The average molecular weight is 351 g/mol. The molecule has 4 rings (SSSR count). The lowest BCUT2D eigenvalue weighted by Gasteiger charge is -2.41. The minimum atomic E-state index is 0.0960. The SMILES string of the molecule is O=C(c1ccc(Cn2cccc2)cc1)N1CCC1c1ccc(Cl)cc1. The molecule has 0 aliphatic carbocycles. The molecule has 3 aromatic rings. The van der Waals surface area contributed by atoms with Gasteiger partial charge in [-0.15, -0.1) is 0 Å². The van der Waals surface area contributed by atoms with Crippen molar-refractivity contribution in [3.63, 3.8) is 0 Å². The number of carbonyl (C=O) groups excluding carboxylic acids is 1. The molecule has 1 amide bonds. The number of amides is 1. The highest BCUT2D eigenvalue weighted by Crippen LogP contribution is 2.34. The van der Waals surface area contributed by atoms with E-state index in [4.69, 9.17) is 11.6 Å². The smallest absolute Gasteiger partial charge is 0.254 e. The highest BCUT2D eigenvalue weighted by atomic mass is 35.5. The van der Waals surface area contributed by atoms with Crippen LogP contribution >= 0.6 is 11.6 Å². The Balaban J connectivity index is 1.46. The first kappa shape index (κ1) is 16.0. The van der Waals surface area contributed by atoms with Crippen LogP contribution in [0.3, 0.4) is 0 Å². The molecule has 0 radical (unpaired) electrons. The second kappa shape index (κ2) is 6.77. The maximum Gasteiger partial charge on any atom is 0.254 e. The number of carbonyl (C=O) groups is 1. The van der Waals surface area contributed by atoms with E-state index in [0.717, 1.165) is 35.7 Å². The molecule has 0 N–H and O–H groups in total. The van der Waals surface area contributed by atoms with Crippen molar-refractivity contribution >= 4 is 17.5 Å². The number of likely N-dealkylation sites (tertiary alicyclic amines) is 1. The summed E-state index contributed by atoms with van der Waals surface area (Å²) in [7, 11) is 0. The zero-order chi connectivity index (χ0) is 17.2. The summed E-state index contributed by atoms with van der Waals surface area (Å²) in [6, 6.07) is 19.9. The van der Waals surface area contributed by atoms with E-state index < -0.39 is 0 Å². The van der Waals surface area contributed by atoms with Gasteiger partial charge in [-0.2, -0.15) is 0 Å². The number of aromatic nitrogens is 1. The Labute approximate surface area is 152 Å². The molecular formula is C21H19ClN2O. The van der Waals surface area contributed by atoms with Gasteiger partial charge < -0.3 is 9.47 Å². The van der Waals surface area contributed by atoms with Gasteiger partial charge in [0.25, 0.3) is 5.91 Å². The standard InChI is InChI=1S/C21H19ClN2O/c22-19-9-7-17(8-10-19)20-11-14-24(20)21(25)18-5-3-16(4-6-18)15-23-12-1-2-13-23/h1-10,12-13,20H,11,14-15H2. The summed E-state index contributed by atoms with van der Waals surface area (Å²) in [5.41, 5.74) is 3.08. The summed E-state index contributed by atoms with van der Waals surface area (Å²) >= 11 is 5.96. The fraction of sp³-hybridized carbons (Fsp3) is 0.190. The highest BCUT2D eigenvalue weighted by Gasteiger charge is 2.33. The number of rotatable bonds is 4. The summed E-state index contributed by atoms with van der Waals surface area (Å²) in [4.78, 5) is 14.7. The van der Waals surface area contributed by atoms with Crippen molar-refractivity contribution in [3.05, 3.63) is 94.8 Å². The minimum absolute atomic E-state index is 0.0960. The minimum Gasteiger partial charge on any atom is -0.350 e. The monoisotopic (exact) mass is 350 g/mol. The number of halogens is 1. The predicted octanol–water partition coefficient (Wildman–Crippen LogP) is 4.78. The van der Waals surface area contributed by atoms with Crippen molar-refractivity contribution in [2.24, 2.45) is 0 Å². The molecule has 2 heterocycles. The normalized spacial score (nSPS) is 16.5. The van der Waals surface area contributed by atoms with Crippen molar-refractivity contribution in [2.45, 2.75) is 19.0 Å². The van der Waals surface area contributed by atoms with Crippen molar-refractivity contribution in [1.29, 1.82) is 0 Å². The summed E-state index contributed by atoms with van der Waals surface area (Å²) in [5.74, 6) is 0.0960. The maximum atomic E-state index is 12.8. The predicted molar refractivity (Wildman–Crippen MR) is 99.8 cm³/mol. The van der Waals surface area contributed by atoms with Gasteiger partial charge in [-0.1, -0.05) is 35.9 Å². The van der Waals surface area contributed by atoms with Crippen LogP contribution < -0.4 is 0 Å². The quantitative estimate of drug-likeness (QED) is 0.665. The lowest BCUT2D eigenvalue weighted by molar-refractivity contribution is 0.0460. The van der Waals surface area contributed by atoms with Crippen LogP contribution in [0, 0.1) is 0 Å². The third-order valence-electron chi connectivity index (χ3n) is 4.77. The molecule has 2 aromatic carbocycles. The third kappa shape index (κ3) is 3.33. The molecule has 1 aromatic heterocycles. The summed E-state index contributed by atoms with van der Waals surface area (Å²) in [6.07, 6.45) is 5.07. The van der Waals surface area contributed by atoms with Crippen LogP contribution in [-0.4, -0.2) is 21.9 Å². The maximum absolute atomic E-state index is 12.8. The van der Waals surface area contributed by atoms with Gasteiger partial charge in [-0.25, -0.2) is 0 Å². The van der Waals surface area contributed by atoms with Gasteiger partial charge in [0.2, 0.25) is 0 Å². The lowest BCUT2D eigenvalue weighted by atomic mass is 9.93. The Morgan fingerprint density at radius 3 is 2.28 bits per heavy atom. The van der Waals surface area contributed by atoms with E-state index in [1.54, 1.807) is 0 Å². The fourth-order valence-corrected chi connectivity index (χ4v) is 3.39. The Morgan fingerprint density at radius 1 is 1.00 bits per heavy atom. The van der Waals surface area contributed by atoms with Crippen LogP contribution in [0.25, 0.3) is 0 Å². The largest absolute Gasteiger partial charge is 0.350 e. The van der Waals surface area contributed by atoms with E-state index in [1.807, 2.05) is 78.0 Å². The van der Waals surface area contributed by atoms with Crippen LogP contribution in [0.5, 0.6) is 0 Å². The first-order valence-corrected chi connectivity index (χ1v) is 8.84. The van der Waals surface area contributed by atoms with Gasteiger partial charge in [0.1, 0.15) is 0 Å². The number of hydrogen-bond donors (Lipinski definition) is 0. The van der Waals surface area contributed by atoms with Crippen LogP contribution in [0.1, 0.15) is 33.9 Å². The van der Waals surface area contributed by atoms with E-state index in [1.165, 1.54) is 5.56 Å².